The van der Waals surface area contributed by atoms with E-state index in [1.807, 2.05) is 13.2 Å². The molecule has 0 spiro atoms. The van der Waals surface area contributed by atoms with Crippen LogP contribution in [-0.2, 0) is 0 Å². The van der Waals surface area contributed by atoms with Crippen LogP contribution in [0, 0.1) is 5.92 Å². The number of nitrogens with one attached hydrogen (secondary N) is 2. The van der Waals surface area contributed by atoms with Crippen LogP contribution in [0.4, 0.5) is 8.78 Å². The van der Waals surface area contributed by atoms with E-state index in [2.05, 4.69) is 37.9 Å². The maximum atomic E-state index is 12.9. The van der Waals surface area contributed by atoms with Crippen LogP contribution in [0.25, 0.3) is 0 Å². The third-order valence-corrected chi connectivity index (χ3v) is 5.72. The summed E-state index contributed by atoms with van der Waals surface area (Å²) in [5, 5.41) is 10.9. The van der Waals surface area contributed by atoms with Gasteiger partial charge in [-0.05, 0) is 43.0 Å². The second-order valence-electron chi connectivity index (χ2n) is 7.58. The second kappa shape index (κ2) is 9.35. The summed E-state index contributed by atoms with van der Waals surface area (Å²) in [5.41, 5.74) is 3.40. The van der Waals surface area contributed by atoms with Gasteiger partial charge in [0, 0.05) is 51.4 Å². The Balaban J connectivity index is 1.83. The van der Waals surface area contributed by atoms with E-state index < -0.39 is 6.43 Å². The van der Waals surface area contributed by atoms with Crippen molar-refractivity contribution in [3.63, 3.8) is 0 Å². The van der Waals surface area contributed by atoms with Crippen molar-refractivity contribution in [2.24, 2.45) is 10.9 Å². The largest absolute Gasteiger partial charge is 0.387 e. The normalized spacial score (nSPS) is 24.2. The van der Waals surface area contributed by atoms with Crippen molar-refractivity contribution >= 4 is 6.34 Å². The van der Waals surface area contributed by atoms with Crippen LogP contribution in [0.5, 0.6) is 0 Å². The minimum absolute atomic E-state index is 0.0317. The Labute approximate surface area is 160 Å². The van der Waals surface area contributed by atoms with Gasteiger partial charge in [0.05, 0.1) is 12.0 Å². The van der Waals surface area contributed by atoms with E-state index in [1.165, 1.54) is 24.0 Å². The standard InChI is InChI=1S/C20H31F2N5/c1-23-14-25-20(16-9-10-24-11-16)17-12-26(2)27(13-17)18(7-8-19(21)22)15-5-3-4-6-15/h9-10,13-15,18-19,24H,3-8,11-12H2,1-2H3,(H,23,25)/b20-16-. The molecule has 1 atom stereocenters. The van der Waals surface area contributed by atoms with Gasteiger partial charge in [-0.3, -0.25) is 4.99 Å². The fourth-order valence-corrected chi connectivity index (χ4v) is 4.42. The molecule has 3 aliphatic rings. The molecule has 150 valence electrons. The molecule has 0 aromatic rings. The Morgan fingerprint density at radius 3 is 2.78 bits per heavy atom. The van der Waals surface area contributed by atoms with Crippen LogP contribution in [0.15, 0.2) is 40.3 Å². The van der Waals surface area contributed by atoms with Gasteiger partial charge in [-0.1, -0.05) is 12.8 Å². The summed E-state index contributed by atoms with van der Waals surface area (Å²) >= 11 is 0. The number of hydrazine groups is 1. The minimum atomic E-state index is -2.24. The highest BCUT2D eigenvalue weighted by molar-refractivity contribution is 5.62. The van der Waals surface area contributed by atoms with Crippen LogP contribution in [-0.4, -0.2) is 56.0 Å². The molecule has 27 heavy (non-hydrogen) atoms. The first-order valence-corrected chi connectivity index (χ1v) is 9.89. The smallest absolute Gasteiger partial charge is 0.238 e. The molecule has 2 heterocycles. The van der Waals surface area contributed by atoms with Crippen molar-refractivity contribution in [3.05, 3.63) is 35.3 Å². The van der Waals surface area contributed by atoms with E-state index in [4.69, 9.17) is 0 Å². The molecule has 0 radical (unpaired) electrons. The lowest BCUT2D eigenvalue weighted by atomic mass is 9.93. The predicted molar refractivity (Wildman–Crippen MR) is 105 cm³/mol. The summed E-state index contributed by atoms with van der Waals surface area (Å²) < 4.78 is 25.8. The molecule has 1 aliphatic carbocycles. The molecule has 0 saturated heterocycles. The zero-order chi connectivity index (χ0) is 19.2. The lowest BCUT2D eigenvalue weighted by Gasteiger charge is -2.37. The van der Waals surface area contributed by atoms with Gasteiger partial charge in [0.1, 0.15) is 0 Å². The molecule has 0 amide bonds. The number of likely N-dealkylation sites (N-methyl/N-ethyl adjacent to an activating group) is 1. The molecule has 0 aromatic carbocycles. The fraction of sp³-hybridized carbons (Fsp3) is 0.650. The molecular weight excluding hydrogens is 348 g/mol. The third-order valence-electron chi connectivity index (χ3n) is 5.72. The first-order chi connectivity index (χ1) is 13.1. The van der Waals surface area contributed by atoms with Gasteiger partial charge in [-0.25, -0.2) is 13.8 Å². The number of alkyl halides is 2. The molecular formula is C20H31F2N5. The number of rotatable bonds is 8. The van der Waals surface area contributed by atoms with E-state index in [1.54, 1.807) is 13.4 Å². The van der Waals surface area contributed by atoms with E-state index in [-0.39, 0.29) is 12.5 Å². The van der Waals surface area contributed by atoms with Crippen LogP contribution in [0.2, 0.25) is 0 Å². The van der Waals surface area contributed by atoms with Crippen molar-refractivity contribution in [2.45, 2.75) is 51.0 Å². The van der Waals surface area contributed by atoms with Crippen molar-refractivity contribution < 1.29 is 8.78 Å². The number of hydrogen-bond acceptors (Lipinski definition) is 4. The van der Waals surface area contributed by atoms with Crippen molar-refractivity contribution in [3.8, 4) is 0 Å². The molecule has 0 aromatic heterocycles. The molecule has 1 unspecified atom stereocenters. The average molecular weight is 379 g/mol. The molecule has 7 heteroatoms. The maximum absolute atomic E-state index is 12.9. The minimum Gasteiger partial charge on any atom is -0.387 e. The Bertz CT molecular complexity index is 620. The maximum Gasteiger partial charge on any atom is 0.238 e. The quantitative estimate of drug-likeness (QED) is 0.502. The van der Waals surface area contributed by atoms with Crippen molar-refractivity contribution in [2.75, 3.05) is 27.2 Å². The zero-order valence-corrected chi connectivity index (χ0v) is 16.3. The van der Waals surface area contributed by atoms with Gasteiger partial charge >= 0.3 is 0 Å². The highest BCUT2D eigenvalue weighted by Crippen LogP contribution is 2.36. The van der Waals surface area contributed by atoms with Gasteiger partial charge in [-0.15, -0.1) is 0 Å². The topological polar surface area (TPSA) is 42.9 Å². The highest BCUT2D eigenvalue weighted by Gasteiger charge is 2.34. The third kappa shape index (κ3) is 4.89. The van der Waals surface area contributed by atoms with Crippen LogP contribution in [0.1, 0.15) is 38.5 Å². The number of halogens is 2. The Kier molecular flexibility index (Phi) is 6.88. The Morgan fingerprint density at radius 2 is 2.15 bits per heavy atom. The SMILES string of the molecule is CN=CN/C(C1=CN(C(CCC(F)F)C2CCCC2)N(C)C1)=C1/C=CNC1. The van der Waals surface area contributed by atoms with Crippen molar-refractivity contribution in [1.29, 1.82) is 0 Å². The van der Waals surface area contributed by atoms with Gasteiger partial charge in [-0.2, -0.15) is 0 Å². The summed E-state index contributed by atoms with van der Waals surface area (Å²) in [5.74, 6) is 0.496. The zero-order valence-electron chi connectivity index (χ0n) is 16.3. The van der Waals surface area contributed by atoms with Gasteiger partial charge < -0.3 is 15.6 Å². The number of hydrogen-bond donors (Lipinski definition) is 2. The Hall–Kier alpha value is -1.89. The molecule has 2 aliphatic heterocycles. The van der Waals surface area contributed by atoms with E-state index in [0.717, 1.165) is 31.6 Å². The first-order valence-electron chi connectivity index (χ1n) is 9.89. The predicted octanol–water partition coefficient (Wildman–Crippen LogP) is 3.26. The van der Waals surface area contributed by atoms with Gasteiger partial charge in [0.15, 0.2) is 0 Å². The molecule has 1 saturated carbocycles. The second-order valence-corrected chi connectivity index (χ2v) is 7.58. The number of nitrogens with zero attached hydrogens (tertiary/aromatic N) is 3. The summed E-state index contributed by atoms with van der Waals surface area (Å²) in [4.78, 5) is 4.05. The van der Waals surface area contributed by atoms with E-state index >= 15 is 0 Å². The van der Waals surface area contributed by atoms with E-state index in [9.17, 15) is 8.78 Å². The van der Waals surface area contributed by atoms with Crippen molar-refractivity contribution in [1.82, 2.24) is 20.7 Å². The van der Waals surface area contributed by atoms with E-state index in [0.29, 0.717) is 12.3 Å². The molecule has 5 nitrogen and oxygen atoms in total. The van der Waals surface area contributed by atoms with Crippen LogP contribution < -0.4 is 10.6 Å². The molecule has 2 N–H and O–H groups in total. The van der Waals surface area contributed by atoms with Gasteiger partial charge in [0.25, 0.3) is 0 Å². The summed E-state index contributed by atoms with van der Waals surface area (Å²) in [6.07, 6.45) is 10.8. The fourth-order valence-electron chi connectivity index (χ4n) is 4.42. The Morgan fingerprint density at radius 1 is 1.37 bits per heavy atom. The molecule has 1 fully saturated rings. The number of aliphatic imine (C=N–C) groups is 1. The van der Waals surface area contributed by atoms with Crippen LogP contribution >= 0.6 is 0 Å². The van der Waals surface area contributed by atoms with Crippen LogP contribution in [0.3, 0.4) is 0 Å². The summed E-state index contributed by atoms with van der Waals surface area (Å²) in [6.45, 7) is 1.54. The average Bonchev–Trinajstić information content (AvgIpc) is 3.39. The highest BCUT2D eigenvalue weighted by atomic mass is 19.3. The summed E-state index contributed by atoms with van der Waals surface area (Å²) in [6, 6.07) is 0.146. The first kappa shape index (κ1) is 19.9. The molecule has 3 rings (SSSR count). The van der Waals surface area contributed by atoms with Gasteiger partial charge in [0.2, 0.25) is 6.43 Å². The summed E-state index contributed by atoms with van der Waals surface area (Å²) in [7, 11) is 3.78. The lowest BCUT2D eigenvalue weighted by Crippen LogP contribution is -2.43. The lowest BCUT2D eigenvalue weighted by molar-refractivity contribution is -0.00118. The monoisotopic (exact) mass is 379 g/mol. The molecule has 0 bridgehead atoms.